The van der Waals surface area contributed by atoms with Crippen LogP contribution in [0.4, 0.5) is 0 Å². The molecule has 0 aliphatic heterocycles. The zero-order chi connectivity index (χ0) is 11.7. The van der Waals surface area contributed by atoms with Crippen LogP contribution in [0.5, 0.6) is 0 Å². The van der Waals surface area contributed by atoms with E-state index in [1.165, 1.54) is 0 Å². The van der Waals surface area contributed by atoms with Crippen molar-refractivity contribution in [2.75, 3.05) is 6.61 Å². The van der Waals surface area contributed by atoms with Crippen LogP contribution in [0.3, 0.4) is 0 Å². The SMILES string of the molecule is CCCO[SiH](NC(=O)CC)NC(=O)CC. The molecular formula is C9H20N2O3Si. The Labute approximate surface area is 92.5 Å². The maximum atomic E-state index is 11.1. The molecule has 0 radical (unpaired) electrons. The van der Waals surface area contributed by atoms with Gasteiger partial charge in [-0.05, 0) is 6.42 Å². The lowest BCUT2D eigenvalue weighted by Crippen LogP contribution is -2.54. The van der Waals surface area contributed by atoms with Crippen molar-refractivity contribution in [1.29, 1.82) is 0 Å². The van der Waals surface area contributed by atoms with E-state index in [0.717, 1.165) is 6.42 Å². The first kappa shape index (κ1) is 14.1. The number of carbonyl (C=O) groups is 2. The first-order valence-electron chi connectivity index (χ1n) is 5.34. The summed E-state index contributed by atoms with van der Waals surface area (Å²) in [6, 6.07) is 0. The van der Waals surface area contributed by atoms with Gasteiger partial charge in [0.25, 0.3) is 0 Å². The molecule has 0 aliphatic carbocycles. The fraction of sp³-hybridized carbons (Fsp3) is 0.778. The number of amides is 2. The number of nitrogens with one attached hydrogen (secondary N) is 2. The van der Waals surface area contributed by atoms with Gasteiger partial charge in [-0.1, -0.05) is 20.8 Å². The predicted octanol–water partition coefficient (Wildman–Crippen LogP) is 0.183. The fourth-order valence-corrected chi connectivity index (χ4v) is 2.56. The van der Waals surface area contributed by atoms with Gasteiger partial charge in [0.2, 0.25) is 11.8 Å². The van der Waals surface area contributed by atoms with Crippen LogP contribution < -0.4 is 9.96 Å². The van der Waals surface area contributed by atoms with E-state index in [4.69, 9.17) is 4.43 Å². The lowest BCUT2D eigenvalue weighted by atomic mass is 10.5. The highest BCUT2D eigenvalue weighted by Crippen LogP contribution is 1.86. The van der Waals surface area contributed by atoms with Gasteiger partial charge in [-0.3, -0.25) is 9.59 Å². The fourth-order valence-electron chi connectivity index (χ4n) is 0.852. The molecule has 0 aromatic rings. The largest absolute Gasteiger partial charge is 0.401 e. The molecule has 0 rings (SSSR count). The van der Waals surface area contributed by atoms with E-state index in [1.54, 1.807) is 13.8 Å². The number of rotatable bonds is 7. The summed E-state index contributed by atoms with van der Waals surface area (Å²) in [6.45, 7) is 6.07. The highest BCUT2D eigenvalue weighted by atomic mass is 28.3. The molecule has 88 valence electrons. The Morgan fingerprint density at radius 2 is 1.53 bits per heavy atom. The molecule has 0 unspecified atom stereocenters. The number of hydrogen-bond donors (Lipinski definition) is 2. The normalized spacial score (nSPS) is 10.1. The van der Waals surface area contributed by atoms with Crippen molar-refractivity contribution < 1.29 is 14.0 Å². The Morgan fingerprint density at radius 1 is 1.07 bits per heavy atom. The van der Waals surface area contributed by atoms with Gasteiger partial charge in [-0.15, -0.1) is 0 Å². The Morgan fingerprint density at radius 3 is 1.87 bits per heavy atom. The molecule has 5 nitrogen and oxygen atoms in total. The van der Waals surface area contributed by atoms with Gasteiger partial charge in [0.15, 0.2) is 0 Å². The van der Waals surface area contributed by atoms with Gasteiger partial charge in [-0.25, -0.2) is 0 Å². The van der Waals surface area contributed by atoms with E-state index < -0.39 is 9.36 Å². The summed E-state index contributed by atoms with van der Waals surface area (Å²) in [5.41, 5.74) is 0. The van der Waals surface area contributed by atoms with Crippen molar-refractivity contribution in [2.45, 2.75) is 40.0 Å². The average Bonchev–Trinajstić information content (AvgIpc) is 2.25. The van der Waals surface area contributed by atoms with Crippen molar-refractivity contribution in [1.82, 2.24) is 9.96 Å². The standard InChI is InChI=1S/C9H20N2O3Si/c1-4-7-14-15(10-8(12)5-2)11-9(13)6-3/h15H,4-7H2,1-3H3,(H,10,12)(H,11,13). The molecule has 0 bridgehead atoms. The lowest BCUT2D eigenvalue weighted by Gasteiger charge is -2.17. The maximum Gasteiger partial charge on any atom is 0.401 e. The smallest absolute Gasteiger partial charge is 0.386 e. The Balaban J connectivity index is 4.05. The second kappa shape index (κ2) is 8.43. The Hall–Kier alpha value is -0.883. The van der Waals surface area contributed by atoms with Crippen LogP contribution in [0.2, 0.25) is 0 Å². The van der Waals surface area contributed by atoms with Crippen LogP contribution in [-0.4, -0.2) is 27.8 Å². The summed E-state index contributed by atoms with van der Waals surface area (Å²) in [4.78, 5) is 27.7. The topological polar surface area (TPSA) is 67.4 Å². The van der Waals surface area contributed by atoms with Gasteiger partial charge in [0.1, 0.15) is 0 Å². The molecule has 0 aliphatic rings. The molecule has 0 saturated heterocycles. The van der Waals surface area contributed by atoms with E-state index in [0.29, 0.717) is 19.4 Å². The molecule has 0 aromatic carbocycles. The van der Waals surface area contributed by atoms with Crippen LogP contribution in [0.1, 0.15) is 40.0 Å². The summed E-state index contributed by atoms with van der Waals surface area (Å²) >= 11 is 0. The van der Waals surface area contributed by atoms with Gasteiger partial charge in [-0.2, -0.15) is 0 Å². The van der Waals surface area contributed by atoms with Crippen molar-refractivity contribution in [3.05, 3.63) is 0 Å². The first-order valence-corrected chi connectivity index (χ1v) is 6.96. The molecule has 0 fully saturated rings. The third-order valence-corrected chi connectivity index (χ3v) is 3.45. The minimum atomic E-state index is -2.10. The molecule has 0 spiro atoms. The van der Waals surface area contributed by atoms with Gasteiger partial charge >= 0.3 is 9.36 Å². The Bertz CT molecular complexity index is 194. The maximum absolute atomic E-state index is 11.1. The minimum Gasteiger partial charge on any atom is -0.386 e. The van der Waals surface area contributed by atoms with Gasteiger partial charge in [0.05, 0.1) is 0 Å². The van der Waals surface area contributed by atoms with Crippen LogP contribution in [-0.2, 0) is 14.0 Å². The van der Waals surface area contributed by atoms with Crippen LogP contribution in [0, 0.1) is 0 Å². The second-order valence-electron chi connectivity index (χ2n) is 3.09. The van der Waals surface area contributed by atoms with E-state index in [1.807, 2.05) is 6.92 Å². The van der Waals surface area contributed by atoms with E-state index in [-0.39, 0.29) is 11.8 Å². The third-order valence-electron chi connectivity index (χ3n) is 1.72. The molecule has 0 heterocycles. The van der Waals surface area contributed by atoms with Crippen molar-refractivity contribution >= 4 is 21.2 Å². The quantitative estimate of drug-likeness (QED) is 0.615. The van der Waals surface area contributed by atoms with Crippen LogP contribution in [0.15, 0.2) is 0 Å². The molecule has 2 amide bonds. The zero-order valence-electron chi connectivity index (χ0n) is 9.63. The summed E-state index contributed by atoms with van der Waals surface area (Å²) in [6.07, 6.45) is 1.68. The minimum absolute atomic E-state index is 0.0841. The third kappa shape index (κ3) is 7.09. The van der Waals surface area contributed by atoms with Gasteiger partial charge < -0.3 is 14.4 Å². The van der Waals surface area contributed by atoms with E-state index in [9.17, 15) is 9.59 Å². The highest BCUT2D eigenvalue weighted by Gasteiger charge is 2.16. The van der Waals surface area contributed by atoms with Crippen molar-refractivity contribution in [3.8, 4) is 0 Å². The molecule has 0 aromatic heterocycles. The molecular weight excluding hydrogens is 212 g/mol. The summed E-state index contributed by atoms with van der Waals surface area (Å²) in [5.74, 6) is -0.168. The van der Waals surface area contributed by atoms with Crippen LogP contribution >= 0.6 is 0 Å². The van der Waals surface area contributed by atoms with E-state index in [2.05, 4.69) is 9.96 Å². The number of hydrogen-bond acceptors (Lipinski definition) is 3. The average molecular weight is 232 g/mol. The monoisotopic (exact) mass is 232 g/mol. The number of carbonyl (C=O) groups excluding carboxylic acids is 2. The Kier molecular flexibility index (Phi) is 7.93. The van der Waals surface area contributed by atoms with Crippen LogP contribution in [0.25, 0.3) is 0 Å². The molecule has 0 saturated carbocycles. The summed E-state index contributed by atoms with van der Waals surface area (Å²) < 4.78 is 5.41. The summed E-state index contributed by atoms with van der Waals surface area (Å²) in [7, 11) is -2.10. The molecule has 6 heteroatoms. The summed E-state index contributed by atoms with van der Waals surface area (Å²) in [5, 5.41) is 0. The zero-order valence-corrected chi connectivity index (χ0v) is 10.8. The lowest BCUT2D eigenvalue weighted by molar-refractivity contribution is -0.119. The van der Waals surface area contributed by atoms with Crippen molar-refractivity contribution in [2.24, 2.45) is 0 Å². The highest BCUT2D eigenvalue weighted by molar-refractivity contribution is 6.52. The van der Waals surface area contributed by atoms with Crippen molar-refractivity contribution in [3.63, 3.8) is 0 Å². The molecule has 15 heavy (non-hydrogen) atoms. The van der Waals surface area contributed by atoms with E-state index >= 15 is 0 Å². The molecule has 0 atom stereocenters. The second-order valence-corrected chi connectivity index (χ2v) is 4.76. The van der Waals surface area contributed by atoms with Gasteiger partial charge in [0, 0.05) is 19.4 Å². The first-order chi connectivity index (χ1) is 7.13. The predicted molar refractivity (Wildman–Crippen MR) is 60.3 cm³/mol. The molecule has 2 N–H and O–H groups in total.